The van der Waals surface area contributed by atoms with E-state index in [4.69, 9.17) is 21.1 Å². The molecule has 1 heterocycles. The topological polar surface area (TPSA) is 38.8 Å². The van der Waals surface area contributed by atoms with E-state index in [-0.39, 0.29) is 24.7 Å². The fraction of sp³-hybridized carbons (Fsp3) is 0.350. The monoisotopic (exact) mass is 359 g/mol. The summed E-state index contributed by atoms with van der Waals surface area (Å²) in [6, 6.07) is 15.6. The number of carbonyl (C=O) groups excluding carboxylic acids is 1. The Morgan fingerprint density at radius 1 is 1.12 bits per heavy atom. The summed E-state index contributed by atoms with van der Waals surface area (Å²) in [6.45, 7) is 5.09. The van der Waals surface area contributed by atoms with Gasteiger partial charge in [0.05, 0.1) is 17.2 Å². The number of morpholine rings is 1. The molecule has 2 unspecified atom stereocenters. The SMILES string of the molecule is CC1CN(C(=O)COc2ccc(-c3ccccc3)cc2Cl)CC(C)O1. The Morgan fingerprint density at radius 3 is 2.44 bits per heavy atom. The fourth-order valence-corrected chi connectivity index (χ4v) is 3.28. The van der Waals surface area contributed by atoms with Crippen LogP contribution in [0.4, 0.5) is 0 Å². The summed E-state index contributed by atoms with van der Waals surface area (Å²) in [5.74, 6) is 0.467. The summed E-state index contributed by atoms with van der Waals surface area (Å²) in [7, 11) is 0. The maximum absolute atomic E-state index is 12.4. The Bertz CT molecular complexity index is 725. The summed E-state index contributed by atoms with van der Waals surface area (Å²) in [5.41, 5.74) is 2.10. The third kappa shape index (κ3) is 4.53. The van der Waals surface area contributed by atoms with Crippen molar-refractivity contribution in [2.75, 3.05) is 19.7 Å². The number of hydrogen-bond donors (Lipinski definition) is 0. The van der Waals surface area contributed by atoms with Crippen LogP contribution in [0.25, 0.3) is 11.1 Å². The van der Waals surface area contributed by atoms with E-state index in [1.54, 1.807) is 4.90 Å². The van der Waals surface area contributed by atoms with Crippen LogP contribution in [-0.4, -0.2) is 42.7 Å². The highest BCUT2D eigenvalue weighted by atomic mass is 35.5. The Morgan fingerprint density at radius 2 is 1.80 bits per heavy atom. The van der Waals surface area contributed by atoms with Gasteiger partial charge in [0.15, 0.2) is 6.61 Å². The van der Waals surface area contributed by atoms with Gasteiger partial charge in [0.25, 0.3) is 5.91 Å². The average Bonchev–Trinajstić information content (AvgIpc) is 2.60. The molecule has 2 aromatic rings. The highest BCUT2D eigenvalue weighted by Gasteiger charge is 2.26. The molecule has 1 aliphatic heterocycles. The van der Waals surface area contributed by atoms with Crippen LogP contribution in [0.1, 0.15) is 13.8 Å². The molecule has 132 valence electrons. The number of carbonyl (C=O) groups is 1. The lowest BCUT2D eigenvalue weighted by molar-refractivity contribution is -0.145. The van der Waals surface area contributed by atoms with Crippen LogP contribution in [0.2, 0.25) is 5.02 Å². The van der Waals surface area contributed by atoms with Crippen molar-refractivity contribution >= 4 is 17.5 Å². The van der Waals surface area contributed by atoms with Gasteiger partial charge in [-0.15, -0.1) is 0 Å². The van der Waals surface area contributed by atoms with Gasteiger partial charge in [0.2, 0.25) is 0 Å². The lowest BCUT2D eigenvalue weighted by Crippen LogP contribution is -2.49. The van der Waals surface area contributed by atoms with Crippen molar-refractivity contribution in [2.24, 2.45) is 0 Å². The first-order valence-electron chi connectivity index (χ1n) is 8.44. The molecular formula is C20H22ClNO3. The Labute approximate surface area is 153 Å². The van der Waals surface area contributed by atoms with Crippen LogP contribution in [0.5, 0.6) is 5.75 Å². The molecule has 25 heavy (non-hydrogen) atoms. The molecule has 0 spiro atoms. The second kappa shape index (κ2) is 7.89. The maximum atomic E-state index is 12.4. The van der Waals surface area contributed by atoms with Crippen LogP contribution < -0.4 is 4.74 Å². The Hall–Kier alpha value is -2.04. The van der Waals surface area contributed by atoms with Gasteiger partial charge in [-0.2, -0.15) is 0 Å². The number of ether oxygens (including phenoxy) is 2. The number of halogens is 1. The van der Waals surface area contributed by atoms with E-state index in [2.05, 4.69) is 0 Å². The molecule has 2 aromatic carbocycles. The first-order valence-corrected chi connectivity index (χ1v) is 8.81. The van der Waals surface area contributed by atoms with Gasteiger partial charge < -0.3 is 14.4 Å². The van der Waals surface area contributed by atoms with Crippen molar-refractivity contribution in [3.63, 3.8) is 0 Å². The van der Waals surface area contributed by atoms with Gasteiger partial charge in [-0.1, -0.05) is 48.0 Å². The molecule has 4 nitrogen and oxygen atoms in total. The molecule has 0 N–H and O–H groups in total. The van der Waals surface area contributed by atoms with Gasteiger partial charge >= 0.3 is 0 Å². The van der Waals surface area contributed by atoms with E-state index in [9.17, 15) is 4.79 Å². The van der Waals surface area contributed by atoms with Crippen molar-refractivity contribution < 1.29 is 14.3 Å². The molecule has 1 amide bonds. The lowest BCUT2D eigenvalue weighted by Gasteiger charge is -2.35. The Balaban J connectivity index is 1.62. The molecule has 5 heteroatoms. The first kappa shape index (κ1) is 17.8. The third-order valence-corrected chi connectivity index (χ3v) is 4.46. The summed E-state index contributed by atoms with van der Waals surface area (Å²) < 4.78 is 11.3. The second-order valence-electron chi connectivity index (χ2n) is 6.36. The molecule has 0 saturated carbocycles. The predicted molar refractivity (Wildman–Crippen MR) is 99.0 cm³/mol. The molecule has 3 rings (SSSR count). The maximum Gasteiger partial charge on any atom is 0.260 e. The number of benzene rings is 2. The number of rotatable bonds is 4. The lowest BCUT2D eigenvalue weighted by atomic mass is 10.1. The molecule has 0 radical (unpaired) electrons. The van der Waals surface area contributed by atoms with Crippen LogP contribution in [0, 0.1) is 0 Å². The molecule has 1 aliphatic rings. The van der Waals surface area contributed by atoms with E-state index in [1.807, 2.05) is 62.4 Å². The molecule has 0 aliphatic carbocycles. The minimum absolute atomic E-state index is 0.0240. The average molecular weight is 360 g/mol. The van der Waals surface area contributed by atoms with Gasteiger partial charge in [0, 0.05) is 13.1 Å². The van der Waals surface area contributed by atoms with Crippen molar-refractivity contribution in [3.05, 3.63) is 53.6 Å². The largest absolute Gasteiger partial charge is 0.482 e. The summed E-state index contributed by atoms with van der Waals surface area (Å²) in [6.07, 6.45) is 0.0860. The molecule has 1 fully saturated rings. The highest BCUT2D eigenvalue weighted by Crippen LogP contribution is 2.30. The number of amides is 1. The van der Waals surface area contributed by atoms with E-state index in [0.717, 1.165) is 11.1 Å². The fourth-order valence-electron chi connectivity index (χ4n) is 3.04. The summed E-state index contributed by atoms with van der Waals surface area (Å²) in [4.78, 5) is 14.1. The highest BCUT2D eigenvalue weighted by molar-refractivity contribution is 6.32. The van der Waals surface area contributed by atoms with Crippen molar-refractivity contribution in [1.82, 2.24) is 4.90 Å². The zero-order valence-corrected chi connectivity index (χ0v) is 15.2. The van der Waals surface area contributed by atoms with Crippen LogP contribution in [-0.2, 0) is 9.53 Å². The molecule has 0 bridgehead atoms. The number of hydrogen-bond acceptors (Lipinski definition) is 3. The smallest absolute Gasteiger partial charge is 0.260 e. The van der Waals surface area contributed by atoms with Crippen molar-refractivity contribution in [3.8, 4) is 16.9 Å². The molecule has 2 atom stereocenters. The van der Waals surface area contributed by atoms with E-state index in [0.29, 0.717) is 23.9 Å². The van der Waals surface area contributed by atoms with Gasteiger partial charge in [0.1, 0.15) is 5.75 Å². The number of nitrogens with zero attached hydrogens (tertiary/aromatic N) is 1. The zero-order chi connectivity index (χ0) is 17.8. The third-order valence-electron chi connectivity index (χ3n) is 4.16. The van der Waals surface area contributed by atoms with Gasteiger partial charge in [-0.25, -0.2) is 0 Å². The second-order valence-corrected chi connectivity index (χ2v) is 6.76. The minimum atomic E-state index is -0.0507. The first-order chi connectivity index (χ1) is 12.0. The normalized spacial score (nSPS) is 20.4. The summed E-state index contributed by atoms with van der Waals surface area (Å²) in [5, 5.41) is 0.498. The van der Waals surface area contributed by atoms with Crippen LogP contribution in [0.15, 0.2) is 48.5 Å². The zero-order valence-electron chi connectivity index (χ0n) is 14.4. The van der Waals surface area contributed by atoms with E-state index >= 15 is 0 Å². The van der Waals surface area contributed by atoms with Crippen molar-refractivity contribution in [2.45, 2.75) is 26.1 Å². The van der Waals surface area contributed by atoms with Crippen molar-refractivity contribution in [1.29, 1.82) is 0 Å². The molecular weight excluding hydrogens is 338 g/mol. The predicted octanol–water partition coefficient (Wildman–Crippen LogP) is 4.02. The standard InChI is InChI=1S/C20H22ClNO3/c1-14-11-22(12-15(2)25-14)20(23)13-24-19-9-8-17(10-18(19)21)16-6-4-3-5-7-16/h3-10,14-15H,11-13H2,1-2H3. The Kier molecular flexibility index (Phi) is 5.61. The minimum Gasteiger partial charge on any atom is -0.482 e. The quantitative estimate of drug-likeness (QED) is 0.827. The molecule has 1 saturated heterocycles. The van der Waals surface area contributed by atoms with Crippen LogP contribution in [0.3, 0.4) is 0 Å². The van der Waals surface area contributed by atoms with Gasteiger partial charge in [-0.3, -0.25) is 4.79 Å². The summed E-state index contributed by atoms with van der Waals surface area (Å²) >= 11 is 6.32. The van der Waals surface area contributed by atoms with E-state index in [1.165, 1.54) is 0 Å². The van der Waals surface area contributed by atoms with Crippen LogP contribution >= 0.6 is 11.6 Å². The van der Waals surface area contributed by atoms with Gasteiger partial charge in [-0.05, 0) is 37.1 Å². The van der Waals surface area contributed by atoms with E-state index < -0.39 is 0 Å². The molecule has 0 aromatic heterocycles.